The van der Waals surface area contributed by atoms with Crippen LogP contribution in [0.2, 0.25) is 0 Å². The van der Waals surface area contributed by atoms with E-state index in [1.165, 1.54) is 6.33 Å². The molecule has 0 radical (unpaired) electrons. The SMILES string of the molecule is CNc1ncnc(C(=O)N[C@H](C)c2cc(-c3nc4nc(C5(C)CC5)ccc4[nH]3)no2)c1NN.[HH].[HH]. The van der Waals surface area contributed by atoms with E-state index in [9.17, 15) is 4.79 Å². The zero-order valence-corrected chi connectivity index (χ0v) is 18.4. The van der Waals surface area contributed by atoms with Crippen molar-refractivity contribution in [3.63, 3.8) is 0 Å². The van der Waals surface area contributed by atoms with Crippen LogP contribution in [0.25, 0.3) is 22.7 Å². The molecular formula is C21H28N10O2. The predicted molar refractivity (Wildman–Crippen MR) is 125 cm³/mol. The highest BCUT2D eigenvalue weighted by Crippen LogP contribution is 2.46. The van der Waals surface area contributed by atoms with Gasteiger partial charge in [0.05, 0.1) is 11.6 Å². The Bertz CT molecular complexity index is 1350. The molecule has 33 heavy (non-hydrogen) atoms. The Morgan fingerprint density at radius 2 is 2.12 bits per heavy atom. The van der Waals surface area contributed by atoms with Crippen LogP contribution >= 0.6 is 0 Å². The fraction of sp³-hybridized carbons (Fsp3) is 0.333. The lowest BCUT2D eigenvalue weighted by molar-refractivity contribution is 0.0929. The summed E-state index contributed by atoms with van der Waals surface area (Å²) in [7, 11) is 1.67. The number of amides is 1. The first-order valence-corrected chi connectivity index (χ1v) is 10.6. The average Bonchev–Trinajstić information content (AvgIpc) is 3.23. The second-order valence-corrected chi connectivity index (χ2v) is 8.36. The summed E-state index contributed by atoms with van der Waals surface area (Å²) in [4.78, 5) is 33.4. The molecule has 0 bridgehead atoms. The highest BCUT2D eigenvalue weighted by atomic mass is 16.5. The fourth-order valence-electron chi connectivity index (χ4n) is 3.62. The molecule has 5 rings (SSSR count). The maximum Gasteiger partial charge on any atom is 0.272 e. The molecule has 6 N–H and O–H groups in total. The van der Waals surface area contributed by atoms with Crippen LogP contribution < -0.4 is 21.9 Å². The van der Waals surface area contributed by atoms with E-state index in [1.807, 2.05) is 12.1 Å². The number of nitrogens with zero attached hydrogens (tertiary/aromatic N) is 5. The van der Waals surface area contributed by atoms with Crippen molar-refractivity contribution in [1.82, 2.24) is 35.4 Å². The number of H-pyrrole nitrogens is 1. The molecule has 1 aliphatic carbocycles. The van der Waals surface area contributed by atoms with Crippen LogP contribution in [0, 0.1) is 0 Å². The molecule has 1 fully saturated rings. The summed E-state index contributed by atoms with van der Waals surface area (Å²) < 4.78 is 5.47. The van der Waals surface area contributed by atoms with Crippen LogP contribution in [-0.2, 0) is 5.41 Å². The van der Waals surface area contributed by atoms with Gasteiger partial charge in [-0.2, -0.15) is 0 Å². The van der Waals surface area contributed by atoms with Gasteiger partial charge in [-0.15, -0.1) is 0 Å². The first kappa shape index (κ1) is 20.8. The largest absolute Gasteiger partial charge is 0.371 e. The number of nitrogens with one attached hydrogen (secondary N) is 4. The van der Waals surface area contributed by atoms with E-state index in [-0.39, 0.29) is 19.6 Å². The van der Waals surface area contributed by atoms with E-state index in [0.717, 1.165) is 24.1 Å². The monoisotopic (exact) mass is 452 g/mol. The number of nitrogen functional groups attached to an aromatic ring is 1. The van der Waals surface area contributed by atoms with Gasteiger partial charge in [0.2, 0.25) is 0 Å². The third-order valence-electron chi connectivity index (χ3n) is 5.95. The molecule has 174 valence electrons. The fourth-order valence-corrected chi connectivity index (χ4v) is 3.62. The summed E-state index contributed by atoms with van der Waals surface area (Å²) >= 11 is 0. The number of rotatable bonds is 7. The van der Waals surface area contributed by atoms with Crippen LogP contribution in [0.4, 0.5) is 11.5 Å². The lowest BCUT2D eigenvalue weighted by Crippen LogP contribution is -2.29. The van der Waals surface area contributed by atoms with Crippen molar-refractivity contribution in [2.45, 2.75) is 38.1 Å². The molecule has 4 heterocycles. The lowest BCUT2D eigenvalue weighted by atomic mass is 10.1. The van der Waals surface area contributed by atoms with Crippen LogP contribution in [0.1, 0.15) is 57.5 Å². The third-order valence-corrected chi connectivity index (χ3v) is 5.95. The number of aromatic amines is 1. The number of carbonyl (C=O) groups excluding carboxylic acids is 1. The van der Waals surface area contributed by atoms with Crippen LogP contribution in [0.5, 0.6) is 0 Å². The first-order chi connectivity index (χ1) is 15.9. The summed E-state index contributed by atoms with van der Waals surface area (Å²) in [5.41, 5.74) is 6.07. The van der Waals surface area contributed by atoms with Gasteiger partial charge >= 0.3 is 0 Å². The van der Waals surface area contributed by atoms with Crippen LogP contribution in [0.3, 0.4) is 0 Å². The molecular weight excluding hydrogens is 424 g/mol. The molecule has 12 heteroatoms. The van der Waals surface area contributed by atoms with Gasteiger partial charge in [-0.05, 0) is 31.9 Å². The maximum atomic E-state index is 12.8. The molecule has 1 saturated carbocycles. The van der Waals surface area contributed by atoms with Gasteiger partial charge < -0.3 is 25.6 Å². The number of fused-ring (bicyclic) bond motifs is 1. The molecule has 0 aliphatic heterocycles. The Morgan fingerprint density at radius 1 is 1.30 bits per heavy atom. The Kier molecular flexibility index (Phi) is 4.93. The summed E-state index contributed by atoms with van der Waals surface area (Å²) in [6, 6.07) is 5.28. The Hall–Kier alpha value is -4.06. The van der Waals surface area contributed by atoms with Crippen molar-refractivity contribution >= 4 is 28.6 Å². The topological polar surface area (TPSA) is 173 Å². The van der Waals surface area contributed by atoms with E-state index in [2.05, 4.69) is 48.1 Å². The minimum absolute atomic E-state index is 0. The van der Waals surface area contributed by atoms with Gasteiger partial charge in [-0.3, -0.25) is 10.6 Å². The third kappa shape index (κ3) is 3.74. The van der Waals surface area contributed by atoms with Gasteiger partial charge in [0, 0.05) is 27.1 Å². The second kappa shape index (κ2) is 7.81. The minimum atomic E-state index is -0.485. The summed E-state index contributed by atoms with van der Waals surface area (Å²) in [6.07, 6.45) is 3.57. The van der Waals surface area contributed by atoms with Gasteiger partial charge in [0.15, 0.2) is 28.7 Å². The number of hydrazine groups is 1. The van der Waals surface area contributed by atoms with Gasteiger partial charge in [0.1, 0.15) is 17.7 Å². The lowest BCUT2D eigenvalue weighted by Gasteiger charge is -2.14. The van der Waals surface area contributed by atoms with Crippen molar-refractivity contribution in [2.24, 2.45) is 5.84 Å². The molecule has 4 aromatic heterocycles. The predicted octanol–water partition coefficient (Wildman–Crippen LogP) is 2.76. The summed E-state index contributed by atoms with van der Waals surface area (Å²) in [5, 5.41) is 9.80. The molecule has 1 amide bonds. The number of hydrogen-bond acceptors (Lipinski definition) is 10. The first-order valence-electron chi connectivity index (χ1n) is 10.6. The molecule has 0 aromatic carbocycles. The molecule has 1 atom stereocenters. The molecule has 0 saturated heterocycles. The Morgan fingerprint density at radius 3 is 2.85 bits per heavy atom. The Labute approximate surface area is 191 Å². The smallest absolute Gasteiger partial charge is 0.272 e. The van der Waals surface area contributed by atoms with E-state index in [4.69, 9.17) is 15.3 Å². The number of imidazole rings is 1. The molecule has 4 aromatic rings. The zero-order valence-electron chi connectivity index (χ0n) is 18.4. The molecule has 0 spiro atoms. The number of hydrogen-bond donors (Lipinski definition) is 5. The zero-order chi connectivity index (χ0) is 23.2. The standard InChI is InChI=1S/C21H24N10O2.2H2/c1-10(26-20(32)16-15(30-22)19(23-3)25-9-24-16)13-8-12(31-33-13)18-27-11-4-5-14(21(2)6-7-21)28-17(11)29-18;;/h4-5,8-10,30H,6-7,22H2,1-3H3,(H,26,32)(H,23,24,25)(H,27,28,29);2*1H/t10-;;/m1../s1. The number of aromatic nitrogens is 6. The highest BCUT2D eigenvalue weighted by Gasteiger charge is 2.40. The minimum Gasteiger partial charge on any atom is -0.371 e. The van der Waals surface area contributed by atoms with Crippen molar-refractivity contribution in [3.05, 3.63) is 41.7 Å². The average molecular weight is 453 g/mol. The van der Waals surface area contributed by atoms with Gasteiger partial charge in [-0.25, -0.2) is 19.9 Å². The quantitative estimate of drug-likeness (QED) is 0.207. The van der Waals surface area contributed by atoms with Crippen molar-refractivity contribution in [1.29, 1.82) is 0 Å². The normalized spacial score (nSPS) is 15.3. The van der Waals surface area contributed by atoms with E-state index >= 15 is 0 Å². The molecule has 12 nitrogen and oxygen atoms in total. The van der Waals surface area contributed by atoms with E-state index < -0.39 is 11.9 Å². The number of carbonyl (C=O) groups is 1. The van der Waals surface area contributed by atoms with Crippen molar-refractivity contribution in [2.75, 3.05) is 17.8 Å². The highest BCUT2D eigenvalue weighted by molar-refractivity contribution is 5.99. The number of anilines is 2. The number of pyridine rings is 1. The van der Waals surface area contributed by atoms with Gasteiger partial charge in [-0.1, -0.05) is 12.1 Å². The summed E-state index contributed by atoms with van der Waals surface area (Å²) in [6.45, 7) is 3.99. The second-order valence-electron chi connectivity index (χ2n) is 8.36. The van der Waals surface area contributed by atoms with Crippen LogP contribution in [-0.4, -0.2) is 43.0 Å². The van der Waals surface area contributed by atoms with Gasteiger partial charge in [0.25, 0.3) is 5.91 Å². The summed E-state index contributed by atoms with van der Waals surface area (Å²) in [5.74, 6) is 6.52. The van der Waals surface area contributed by atoms with Crippen molar-refractivity contribution in [3.8, 4) is 11.5 Å². The van der Waals surface area contributed by atoms with E-state index in [1.54, 1.807) is 20.0 Å². The Balaban J connectivity index is 0.00000171. The van der Waals surface area contributed by atoms with Crippen molar-refractivity contribution < 1.29 is 12.2 Å². The van der Waals surface area contributed by atoms with Crippen LogP contribution in [0.15, 0.2) is 29.0 Å². The molecule has 1 aliphatic rings. The number of nitrogens with two attached hydrogens (primary N) is 1. The molecule has 0 unspecified atom stereocenters. The maximum absolute atomic E-state index is 12.8. The van der Waals surface area contributed by atoms with E-state index in [0.29, 0.717) is 28.7 Å².